The van der Waals surface area contributed by atoms with E-state index >= 15 is 0 Å². The van der Waals surface area contributed by atoms with Crippen molar-refractivity contribution in [1.82, 2.24) is 4.98 Å². The molecule has 0 saturated heterocycles. The van der Waals surface area contributed by atoms with Crippen molar-refractivity contribution in [3.8, 4) is 11.5 Å². The van der Waals surface area contributed by atoms with Crippen molar-refractivity contribution >= 4 is 28.5 Å². The van der Waals surface area contributed by atoms with Crippen LogP contribution in [0.2, 0.25) is 0 Å². The molecule has 0 atom stereocenters. The molecule has 4 rings (SSSR count). The fourth-order valence-corrected chi connectivity index (χ4v) is 3.85. The van der Waals surface area contributed by atoms with Gasteiger partial charge in [0.25, 0.3) is 5.91 Å². The third kappa shape index (κ3) is 5.17. The molecule has 0 fully saturated rings. The van der Waals surface area contributed by atoms with Gasteiger partial charge >= 0.3 is 5.97 Å². The Balaban J connectivity index is 1.40. The minimum atomic E-state index is -0.529. The lowest BCUT2D eigenvalue weighted by Crippen LogP contribution is -2.26. The Morgan fingerprint density at radius 1 is 0.944 bits per heavy atom. The third-order valence-electron chi connectivity index (χ3n) is 6.00. The smallest absolute Gasteiger partial charge is 0.340 e. The largest absolute Gasteiger partial charge is 0.493 e. The molecular weight excluding hydrogens is 463 g/mol. The Morgan fingerprint density at radius 2 is 1.67 bits per heavy atom. The Kier molecular flexibility index (Phi) is 6.96. The van der Waals surface area contributed by atoms with E-state index in [-0.39, 0.29) is 18.1 Å². The molecular formula is C28H27FN2O5. The minimum absolute atomic E-state index is 0.116. The van der Waals surface area contributed by atoms with Crippen molar-refractivity contribution in [2.24, 2.45) is 0 Å². The van der Waals surface area contributed by atoms with Gasteiger partial charge < -0.3 is 24.5 Å². The minimum Gasteiger partial charge on any atom is -0.493 e. The number of H-pyrrole nitrogens is 1. The predicted molar refractivity (Wildman–Crippen MR) is 136 cm³/mol. The van der Waals surface area contributed by atoms with Crippen molar-refractivity contribution in [2.45, 2.75) is 19.3 Å². The van der Waals surface area contributed by atoms with Crippen LogP contribution in [0.15, 0.2) is 66.9 Å². The lowest BCUT2D eigenvalue weighted by Gasteiger charge is -2.25. The van der Waals surface area contributed by atoms with Crippen LogP contribution >= 0.6 is 0 Å². The summed E-state index contributed by atoms with van der Waals surface area (Å²) in [5.74, 6) is -0.228. The molecule has 0 aliphatic heterocycles. The Hall–Kier alpha value is -4.33. The first kappa shape index (κ1) is 24.8. The fourth-order valence-electron chi connectivity index (χ4n) is 3.85. The Labute approximate surface area is 208 Å². The van der Waals surface area contributed by atoms with Crippen molar-refractivity contribution < 1.29 is 28.2 Å². The summed E-state index contributed by atoms with van der Waals surface area (Å²) in [6.45, 7) is 4.02. The zero-order valence-electron chi connectivity index (χ0n) is 20.5. The molecule has 36 heavy (non-hydrogen) atoms. The lowest BCUT2D eigenvalue weighted by atomic mass is 9.85. The molecule has 186 valence electrons. The van der Waals surface area contributed by atoms with Gasteiger partial charge in [-0.1, -0.05) is 26.0 Å². The Morgan fingerprint density at radius 3 is 2.36 bits per heavy atom. The van der Waals surface area contributed by atoms with Gasteiger partial charge in [0, 0.05) is 33.8 Å². The van der Waals surface area contributed by atoms with Gasteiger partial charge in [0.15, 0.2) is 11.5 Å². The molecule has 3 aromatic carbocycles. The molecule has 0 radical (unpaired) electrons. The summed E-state index contributed by atoms with van der Waals surface area (Å²) >= 11 is 0. The van der Waals surface area contributed by atoms with Crippen LogP contribution in [0.1, 0.15) is 40.1 Å². The standard InChI is InChI=1S/C28H27FN2O5/c1-28(2,16-36-27(33)22-15-30-23-11-8-19(29)14-21(22)23)18-6-9-20(10-7-18)31-26(32)17-5-12-24(34-3)25(13-17)35-4/h5-15,30H,16H2,1-4H3,(H,31,32). The van der Waals surface area contributed by atoms with Crippen LogP contribution in [0.25, 0.3) is 10.9 Å². The third-order valence-corrected chi connectivity index (χ3v) is 6.00. The van der Waals surface area contributed by atoms with E-state index in [2.05, 4.69) is 10.3 Å². The highest BCUT2D eigenvalue weighted by atomic mass is 19.1. The van der Waals surface area contributed by atoms with Crippen molar-refractivity contribution in [3.05, 3.63) is 89.4 Å². The number of carbonyl (C=O) groups is 2. The molecule has 0 aliphatic rings. The highest BCUT2D eigenvalue weighted by Gasteiger charge is 2.24. The predicted octanol–water partition coefficient (Wildman–Crippen LogP) is 5.71. The van der Waals surface area contributed by atoms with Gasteiger partial charge in [-0.3, -0.25) is 4.79 Å². The van der Waals surface area contributed by atoms with Crippen LogP contribution in [0, 0.1) is 5.82 Å². The first-order valence-electron chi connectivity index (χ1n) is 11.3. The van der Waals surface area contributed by atoms with Gasteiger partial charge in [-0.15, -0.1) is 0 Å². The molecule has 0 unspecified atom stereocenters. The molecule has 8 heteroatoms. The molecule has 0 bridgehead atoms. The number of hydrogen-bond acceptors (Lipinski definition) is 5. The first-order valence-corrected chi connectivity index (χ1v) is 11.3. The van der Waals surface area contributed by atoms with E-state index < -0.39 is 17.2 Å². The van der Waals surface area contributed by atoms with Crippen molar-refractivity contribution in [3.63, 3.8) is 0 Å². The summed E-state index contributed by atoms with van der Waals surface area (Å²) in [5, 5.41) is 3.34. The number of esters is 1. The van der Waals surface area contributed by atoms with Crippen LogP contribution in [-0.4, -0.2) is 37.7 Å². The van der Waals surface area contributed by atoms with E-state index in [0.29, 0.717) is 33.7 Å². The summed E-state index contributed by atoms with van der Waals surface area (Å²) in [7, 11) is 3.04. The number of anilines is 1. The van der Waals surface area contributed by atoms with E-state index in [1.165, 1.54) is 32.5 Å². The number of carbonyl (C=O) groups excluding carboxylic acids is 2. The van der Waals surface area contributed by atoms with Crippen LogP contribution in [0.5, 0.6) is 11.5 Å². The average molecular weight is 491 g/mol. The quantitative estimate of drug-likeness (QED) is 0.309. The van der Waals surface area contributed by atoms with Gasteiger partial charge in [0.05, 0.1) is 19.8 Å². The van der Waals surface area contributed by atoms with E-state index in [9.17, 15) is 14.0 Å². The van der Waals surface area contributed by atoms with Crippen LogP contribution in [0.4, 0.5) is 10.1 Å². The summed E-state index contributed by atoms with van der Waals surface area (Å²) in [6.07, 6.45) is 1.52. The van der Waals surface area contributed by atoms with Gasteiger partial charge in [0.2, 0.25) is 0 Å². The second-order valence-electron chi connectivity index (χ2n) is 8.95. The number of aromatic nitrogens is 1. The first-order chi connectivity index (χ1) is 17.2. The summed E-state index contributed by atoms with van der Waals surface area (Å²) in [4.78, 5) is 28.3. The molecule has 1 aromatic heterocycles. The number of benzene rings is 3. The molecule has 0 aliphatic carbocycles. The van der Waals surface area contributed by atoms with E-state index in [1.54, 1.807) is 36.4 Å². The SMILES string of the molecule is COc1ccc(C(=O)Nc2ccc(C(C)(C)COC(=O)c3c[nH]c4ccc(F)cc34)cc2)cc1OC. The molecule has 2 N–H and O–H groups in total. The fraction of sp³-hybridized carbons (Fsp3) is 0.214. The number of halogens is 1. The Bertz CT molecular complexity index is 1410. The van der Waals surface area contributed by atoms with Crippen molar-refractivity contribution in [1.29, 1.82) is 0 Å². The lowest BCUT2D eigenvalue weighted by molar-refractivity contribution is 0.0429. The highest BCUT2D eigenvalue weighted by molar-refractivity contribution is 6.05. The van der Waals surface area contributed by atoms with E-state index in [4.69, 9.17) is 14.2 Å². The number of hydrogen-bond donors (Lipinski definition) is 2. The van der Waals surface area contributed by atoms with Gasteiger partial charge in [-0.2, -0.15) is 0 Å². The maximum absolute atomic E-state index is 13.6. The number of rotatable bonds is 8. The van der Waals surface area contributed by atoms with E-state index in [0.717, 1.165) is 5.56 Å². The van der Waals surface area contributed by atoms with Gasteiger partial charge in [-0.05, 0) is 54.1 Å². The molecule has 7 nitrogen and oxygen atoms in total. The topological polar surface area (TPSA) is 89.6 Å². The number of amides is 1. The zero-order chi connectivity index (χ0) is 25.9. The summed E-state index contributed by atoms with van der Waals surface area (Å²) in [6, 6.07) is 16.5. The maximum Gasteiger partial charge on any atom is 0.340 e. The number of nitrogens with one attached hydrogen (secondary N) is 2. The molecule has 4 aromatic rings. The molecule has 0 saturated carbocycles. The summed E-state index contributed by atoms with van der Waals surface area (Å²) < 4.78 is 29.7. The van der Waals surface area contributed by atoms with Gasteiger partial charge in [-0.25, -0.2) is 9.18 Å². The molecule has 0 spiro atoms. The van der Waals surface area contributed by atoms with Crippen LogP contribution in [0.3, 0.4) is 0 Å². The monoisotopic (exact) mass is 490 g/mol. The van der Waals surface area contributed by atoms with E-state index in [1.807, 2.05) is 26.0 Å². The van der Waals surface area contributed by atoms with Crippen molar-refractivity contribution in [2.75, 3.05) is 26.1 Å². The van der Waals surface area contributed by atoms with Gasteiger partial charge in [0.1, 0.15) is 12.4 Å². The number of fused-ring (bicyclic) bond motifs is 1. The second-order valence-corrected chi connectivity index (χ2v) is 8.95. The maximum atomic E-state index is 13.6. The zero-order valence-corrected chi connectivity index (χ0v) is 20.5. The normalized spacial score (nSPS) is 11.2. The number of aromatic amines is 1. The molecule has 1 amide bonds. The summed E-state index contributed by atoms with van der Waals surface area (Å²) in [5.41, 5.74) is 2.42. The number of methoxy groups -OCH3 is 2. The second kappa shape index (κ2) is 10.1. The molecule has 1 heterocycles. The van der Waals surface area contributed by atoms with Crippen LogP contribution < -0.4 is 14.8 Å². The number of ether oxygens (including phenoxy) is 3. The highest BCUT2D eigenvalue weighted by Crippen LogP contribution is 2.29. The average Bonchev–Trinajstić information content (AvgIpc) is 3.30. The van der Waals surface area contributed by atoms with Crippen LogP contribution in [-0.2, 0) is 10.2 Å².